The zero-order valence-electron chi connectivity index (χ0n) is 13.2. The summed E-state index contributed by atoms with van der Waals surface area (Å²) >= 11 is 0. The molecule has 0 aliphatic carbocycles. The summed E-state index contributed by atoms with van der Waals surface area (Å²) in [4.78, 5) is 23.5. The van der Waals surface area contributed by atoms with E-state index in [0.717, 1.165) is 34.3 Å². The molecular weight excluding hydrogens is 290 g/mol. The van der Waals surface area contributed by atoms with Gasteiger partial charge >= 0.3 is 0 Å². The number of carbonyl (C=O) groups excluding carboxylic acids is 1. The molecule has 0 atom stereocenters. The predicted octanol–water partition coefficient (Wildman–Crippen LogP) is 1.87. The second kappa shape index (κ2) is 5.15. The summed E-state index contributed by atoms with van der Waals surface area (Å²) in [5.74, 6) is 0.0348. The highest BCUT2D eigenvalue weighted by Crippen LogP contribution is 2.23. The Kier molecular flexibility index (Phi) is 3.11. The van der Waals surface area contributed by atoms with Crippen LogP contribution in [-0.2, 0) is 20.0 Å². The summed E-state index contributed by atoms with van der Waals surface area (Å²) in [6.45, 7) is 3.13. The molecular formula is C17H17N5O. The standard InChI is InChI=1S/C17H17N5O/c1-11-14(10-21(2)20-11)17(23)22-6-4-16-13(9-22)7-12-8-18-5-3-15(12)19-16/h3,5,7-8,10H,4,6,9H2,1-2H3. The van der Waals surface area contributed by atoms with Crippen LogP contribution in [-0.4, -0.2) is 37.1 Å². The van der Waals surface area contributed by atoms with Gasteiger partial charge in [0.05, 0.1) is 16.8 Å². The van der Waals surface area contributed by atoms with E-state index in [1.807, 2.05) is 31.1 Å². The van der Waals surface area contributed by atoms with Crippen LogP contribution in [0.4, 0.5) is 0 Å². The number of pyridine rings is 2. The molecule has 0 saturated carbocycles. The van der Waals surface area contributed by atoms with Crippen molar-refractivity contribution in [3.63, 3.8) is 0 Å². The molecule has 0 N–H and O–H groups in total. The second-order valence-electron chi connectivity index (χ2n) is 5.94. The molecule has 0 aromatic carbocycles. The second-order valence-corrected chi connectivity index (χ2v) is 5.94. The molecule has 1 amide bonds. The van der Waals surface area contributed by atoms with Crippen molar-refractivity contribution in [1.29, 1.82) is 0 Å². The van der Waals surface area contributed by atoms with Crippen LogP contribution in [0.3, 0.4) is 0 Å². The van der Waals surface area contributed by atoms with Gasteiger partial charge in [-0.15, -0.1) is 0 Å². The fourth-order valence-corrected chi connectivity index (χ4v) is 3.13. The van der Waals surface area contributed by atoms with E-state index in [1.54, 1.807) is 17.1 Å². The first kappa shape index (κ1) is 13.9. The Balaban J connectivity index is 1.67. The van der Waals surface area contributed by atoms with Gasteiger partial charge < -0.3 is 4.90 Å². The van der Waals surface area contributed by atoms with E-state index in [4.69, 9.17) is 4.98 Å². The third-order valence-electron chi connectivity index (χ3n) is 4.29. The normalized spacial score (nSPS) is 14.1. The van der Waals surface area contributed by atoms with Gasteiger partial charge in [0, 0.05) is 56.2 Å². The lowest BCUT2D eigenvalue weighted by atomic mass is 10.0. The van der Waals surface area contributed by atoms with Crippen molar-refractivity contribution in [3.05, 3.63) is 53.2 Å². The van der Waals surface area contributed by atoms with Crippen molar-refractivity contribution in [2.24, 2.45) is 7.05 Å². The Morgan fingerprint density at radius 3 is 3.00 bits per heavy atom. The van der Waals surface area contributed by atoms with Crippen LogP contribution in [0.5, 0.6) is 0 Å². The maximum atomic E-state index is 12.7. The van der Waals surface area contributed by atoms with Gasteiger partial charge in [0.1, 0.15) is 0 Å². The molecule has 1 aliphatic heterocycles. The Labute approximate surface area is 133 Å². The van der Waals surface area contributed by atoms with Crippen LogP contribution in [0.25, 0.3) is 10.9 Å². The summed E-state index contributed by atoms with van der Waals surface area (Å²) in [6, 6.07) is 4.02. The summed E-state index contributed by atoms with van der Waals surface area (Å²) in [5, 5.41) is 5.27. The molecule has 6 heteroatoms. The van der Waals surface area contributed by atoms with Crippen molar-refractivity contribution in [1.82, 2.24) is 24.6 Å². The minimum Gasteiger partial charge on any atom is -0.334 e. The first-order valence-electron chi connectivity index (χ1n) is 7.64. The number of aromatic nitrogens is 4. The van der Waals surface area contributed by atoms with E-state index >= 15 is 0 Å². The molecule has 3 aromatic rings. The summed E-state index contributed by atoms with van der Waals surface area (Å²) in [5.41, 5.74) is 4.58. The van der Waals surface area contributed by atoms with E-state index in [-0.39, 0.29) is 5.91 Å². The lowest BCUT2D eigenvalue weighted by Gasteiger charge is -2.28. The van der Waals surface area contributed by atoms with E-state index in [1.165, 1.54) is 0 Å². The van der Waals surface area contributed by atoms with E-state index in [9.17, 15) is 4.79 Å². The quantitative estimate of drug-likeness (QED) is 0.688. The molecule has 0 unspecified atom stereocenters. The third-order valence-corrected chi connectivity index (χ3v) is 4.29. The maximum absolute atomic E-state index is 12.7. The van der Waals surface area contributed by atoms with Crippen molar-refractivity contribution < 1.29 is 4.79 Å². The van der Waals surface area contributed by atoms with Crippen LogP contribution in [0.1, 0.15) is 27.3 Å². The molecule has 0 saturated heterocycles. The maximum Gasteiger partial charge on any atom is 0.257 e. The highest BCUT2D eigenvalue weighted by atomic mass is 16.2. The average Bonchev–Trinajstić information content (AvgIpc) is 2.90. The van der Waals surface area contributed by atoms with Crippen LogP contribution in [0, 0.1) is 6.92 Å². The van der Waals surface area contributed by atoms with Gasteiger partial charge in [0.2, 0.25) is 0 Å². The monoisotopic (exact) mass is 307 g/mol. The number of hydrogen-bond acceptors (Lipinski definition) is 4. The smallest absolute Gasteiger partial charge is 0.257 e. The molecule has 116 valence electrons. The topological polar surface area (TPSA) is 63.9 Å². The number of hydrogen-bond donors (Lipinski definition) is 0. The van der Waals surface area contributed by atoms with Crippen LogP contribution in [0.2, 0.25) is 0 Å². The van der Waals surface area contributed by atoms with Crippen molar-refractivity contribution in [2.75, 3.05) is 6.54 Å². The zero-order valence-corrected chi connectivity index (χ0v) is 13.2. The Bertz CT molecular complexity index is 914. The van der Waals surface area contributed by atoms with Gasteiger partial charge in [-0.25, -0.2) is 0 Å². The molecule has 0 spiro atoms. The van der Waals surface area contributed by atoms with Crippen LogP contribution in [0.15, 0.2) is 30.7 Å². The van der Waals surface area contributed by atoms with Gasteiger partial charge in [-0.2, -0.15) is 5.10 Å². The molecule has 0 fully saturated rings. The van der Waals surface area contributed by atoms with E-state index < -0.39 is 0 Å². The molecule has 4 rings (SSSR count). The van der Waals surface area contributed by atoms with Gasteiger partial charge in [-0.3, -0.25) is 19.4 Å². The number of aryl methyl sites for hydroxylation is 2. The lowest BCUT2D eigenvalue weighted by molar-refractivity contribution is 0.0733. The third kappa shape index (κ3) is 2.36. The van der Waals surface area contributed by atoms with Crippen molar-refractivity contribution in [3.8, 4) is 0 Å². The first-order chi connectivity index (χ1) is 11.1. The SMILES string of the molecule is Cc1nn(C)cc1C(=O)N1CCc2nc3ccncc3cc2C1. The molecule has 3 aromatic heterocycles. The molecule has 6 nitrogen and oxygen atoms in total. The fraction of sp³-hybridized carbons (Fsp3) is 0.294. The first-order valence-corrected chi connectivity index (χ1v) is 7.64. The van der Waals surface area contributed by atoms with E-state index in [0.29, 0.717) is 18.7 Å². The average molecular weight is 307 g/mol. The van der Waals surface area contributed by atoms with Gasteiger partial charge in [-0.1, -0.05) is 0 Å². The summed E-state index contributed by atoms with van der Waals surface area (Å²) < 4.78 is 1.68. The fourth-order valence-electron chi connectivity index (χ4n) is 3.13. The zero-order chi connectivity index (χ0) is 16.0. The van der Waals surface area contributed by atoms with Crippen LogP contribution < -0.4 is 0 Å². The highest BCUT2D eigenvalue weighted by Gasteiger charge is 2.25. The Morgan fingerprint density at radius 1 is 1.35 bits per heavy atom. The van der Waals surface area contributed by atoms with Crippen molar-refractivity contribution >= 4 is 16.8 Å². The van der Waals surface area contributed by atoms with Gasteiger partial charge in [0.15, 0.2) is 0 Å². The molecule has 0 radical (unpaired) electrons. The lowest BCUT2D eigenvalue weighted by Crippen LogP contribution is -2.36. The van der Waals surface area contributed by atoms with Crippen molar-refractivity contribution in [2.45, 2.75) is 19.9 Å². The minimum absolute atomic E-state index is 0.0348. The minimum atomic E-state index is 0.0348. The number of carbonyl (C=O) groups is 1. The Morgan fingerprint density at radius 2 is 2.22 bits per heavy atom. The number of nitrogens with zero attached hydrogens (tertiary/aromatic N) is 5. The molecule has 1 aliphatic rings. The highest BCUT2D eigenvalue weighted by molar-refractivity contribution is 5.95. The molecule has 0 bridgehead atoms. The van der Waals surface area contributed by atoms with Gasteiger partial charge in [-0.05, 0) is 24.6 Å². The predicted molar refractivity (Wildman–Crippen MR) is 85.9 cm³/mol. The van der Waals surface area contributed by atoms with E-state index in [2.05, 4.69) is 16.1 Å². The number of fused-ring (bicyclic) bond motifs is 2. The number of amides is 1. The van der Waals surface area contributed by atoms with Crippen LogP contribution >= 0.6 is 0 Å². The molecule has 23 heavy (non-hydrogen) atoms. The Hall–Kier alpha value is -2.76. The summed E-state index contributed by atoms with van der Waals surface area (Å²) in [7, 11) is 1.83. The largest absolute Gasteiger partial charge is 0.334 e. The number of rotatable bonds is 1. The molecule has 4 heterocycles. The van der Waals surface area contributed by atoms with Gasteiger partial charge in [0.25, 0.3) is 5.91 Å². The summed E-state index contributed by atoms with van der Waals surface area (Å²) in [6.07, 6.45) is 6.13.